The summed E-state index contributed by atoms with van der Waals surface area (Å²) in [5, 5.41) is 2.93. The Kier molecular flexibility index (Phi) is 8.26. The van der Waals surface area contributed by atoms with Crippen molar-refractivity contribution in [1.82, 2.24) is 14.5 Å². The van der Waals surface area contributed by atoms with E-state index in [2.05, 4.69) is 17.1 Å². The van der Waals surface area contributed by atoms with Gasteiger partial charge in [0.1, 0.15) is 0 Å². The highest BCUT2D eigenvalue weighted by atomic mass is 32.2. The molecule has 0 radical (unpaired) electrons. The van der Waals surface area contributed by atoms with Gasteiger partial charge >= 0.3 is 0 Å². The van der Waals surface area contributed by atoms with Crippen molar-refractivity contribution in [1.29, 1.82) is 0 Å². The van der Waals surface area contributed by atoms with Crippen molar-refractivity contribution >= 4 is 15.9 Å². The Hall–Kier alpha value is -1.44. The number of hydrogen-bond donors (Lipinski definition) is 1. The fraction of sp³-hybridized carbons (Fsp3) is 0.650. The average molecular weight is 396 g/mol. The summed E-state index contributed by atoms with van der Waals surface area (Å²) in [5.41, 5.74) is 0.486. The second-order valence-corrected chi connectivity index (χ2v) is 9.19. The van der Waals surface area contributed by atoms with Gasteiger partial charge in [-0.1, -0.05) is 20.8 Å². The summed E-state index contributed by atoms with van der Waals surface area (Å²) >= 11 is 0. The van der Waals surface area contributed by atoms with Crippen molar-refractivity contribution in [3.8, 4) is 0 Å². The molecular weight excluding hydrogens is 362 g/mol. The minimum Gasteiger partial charge on any atom is -0.352 e. The summed E-state index contributed by atoms with van der Waals surface area (Å²) < 4.78 is 26.4. The number of hydrogen-bond acceptors (Lipinski definition) is 4. The number of amides is 1. The predicted molar refractivity (Wildman–Crippen MR) is 108 cm³/mol. The molecule has 1 aromatic rings. The number of piperidine rings is 1. The maximum atomic E-state index is 12.5. The van der Waals surface area contributed by atoms with Crippen LogP contribution in [0.1, 0.15) is 50.4 Å². The van der Waals surface area contributed by atoms with Crippen molar-refractivity contribution in [3.63, 3.8) is 0 Å². The van der Waals surface area contributed by atoms with Gasteiger partial charge in [0.2, 0.25) is 10.0 Å². The lowest BCUT2D eigenvalue weighted by atomic mass is 9.99. The number of carbonyl (C=O) groups is 1. The van der Waals surface area contributed by atoms with Crippen LogP contribution in [0.5, 0.6) is 0 Å². The molecular formula is C20H33N3O3S. The molecule has 152 valence electrons. The molecule has 27 heavy (non-hydrogen) atoms. The highest BCUT2D eigenvalue weighted by Gasteiger charge is 2.21. The molecule has 7 heteroatoms. The van der Waals surface area contributed by atoms with E-state index in [0.29, 0.717) is 25.2 Å². The maximum absolute atomic E-state index is 12.5. The number of sulfonamides is 1. The number of rotatable bonds is 9. The van der Waals surface area contributed by atoms with E-state index in [9.17, 15) is 13.2 Å². The average Bonchev–Trinajstić information content (AvgIpc) is 2.67. The molecule has 1 amide bonds. The number of likely N-dealkylation sites (tertiary alicyclic amines) is 1. The first-order chi connectivity index (χ1) is 12.9. The molecule has 0 atom stereocenters. The third-order valence-electron chi connectivity index (χ3n) is 5.27. The Morgan fingerprint density at radius 2 is 1.74 bits per heavy atom. The van der Waals surface area contributed by atoms with Crippen molar-refractivity contribution in [2.45, 2.75) is 44.9 Å². The number of nitrogens with zero attached hydrogens (tertiary/aromatic N) is 2. The highest BCUT2D eigenvalue weighted by molar-refractivity contribution is 7.89. The number of carbonyl (C=O) groups excluding carboxylic acids is 1. The van der Waals surface area contributed by atoms with Crippen LogP contribution in [0.25, 0.3) is 0 Å². The Morgan fingerprint density at radius 3 is 2.30 bits per heavy atom. The molecule has 2 rings (SSSR count). The van der Waals surface area contributed by atoms with E-state index in [-0.39, 0.29) is 10.8 Å². The third-order valence-corrected chi connectivity index (χ3v) is 7.34. The Morgan fingerprint density at radius 1 is 1.15 bits per heavy atom. The van der Waals surface area contributed by atoms with Crippen molar-refractivity contribution < 1.29 is 13.2 Å². The van der Waals surface area contributed by atoms with Gasteiger partial charge in [-0.15, -0.1) is 0 Å². The second-order valence-electron chi connectivity index (χ2n) is 7.25. The van der Waals surface area contributed by atoms with E-state index < -0.39 is 10.0 Å². The van der Waals surface area contributed by atoms with E-state index in [0.717, 1.165) is 32.0 Å². The fourth-order valence-corrected chi connectivity index (χ4v) is 4.84. The molecule has 0 spiro atoms. The van der Waals surface area contributed by atoms with Crippen LogP contribution in [0.15, 0.2) is 29.2 Å². The largest absolute Gasteiger partial charge is 0.352 e. The van der Waals surface area contributed by atoms with Crippen LogP contribution in [-0.2, 0) is 10.0 Å². The highest BCUT2D eigenvalue weighted by Crippen LogP contribution is 2.17. The second kappa shape index (κ2) is 10.2. The third kappa shape index (κ3) is 6.02. The number of nitrogens with one attached hydrogen (secondary N) is 1. The van der Waals surface area contributed by atoms with Gasteiger partial charge in [-0.2, -0.15) is 4.31 Å². The first-order valence-corrected chi connectivity index (χ1v) is 11.4. The minimum atomic E-state index is -3.48. The van der Waals surface area contributed by atoms with Crippen molar-refractivity contribution in [2.24, 2.45) is 5.92 Å². The van der Waals surface area contributed by atoms with Crippen LogP contribution in [0, 0.1) is 5.92 Å². The van der Waals surface area contributed by atoms with Gasteiger partial charge in [0.05, 0.1) is 4.90 Å². The first-order valence-electron chi connectivity index (χ1n) is 9.99. The summed E-state index contributed by atoms with van der Waals surface area (Å²) in [6, 6.07) is 6.18. The van der Waals surface area contributed by atoms with Gasteiger partial charge in [0.25, 0.3) is 5.91 Å². The summed E-state index contributed by atoms with van der Waals surface area (Å²) in [6.45, 7) is 10.7. The van der Waals surface area contributed by atoms with Crippen molar-refractivity contribution in [3.05, 3.63) is 29.8 Å². The topological polar surface area (TPSA) is 69.7 Å². The fourth-order valence-electron chi connectivity index (χ4n) is 3.38. The van der Waals surface area contributed by atoms with Crippen molar-refractivity contribution in [2.75, 3.05) is 39.3 Å². The molecule has 1 aromatic carbocycles. The smallest absolute Gasteiger partial charge is 0.251 e. The summed E-state index contributed by atoms with van der Waals surface area (Å²) in [7, 11) is -3.48. The molecule has 0 unspecified atom stereocenters. The monoisotopic (exact) mass is 395 g/mol. The lowest BCUT2D eigenvalue weighted by Crippen LogP contribution is -2.35. The van der Waals surface area contributed by atoms with E-state index in [1.165, 1.54) is 29.3 Å². The molecule has 0 saturated carbocycles. The van der Waals surface area contributed by atoms with Gasteiger partial charge in [0.15, 0.2) is 0 Å². The van der Waals surface area contributed by atoms with E-state index in [1.54, 1.807) is 12.1 Å². The molecule has 0 aromatic heterocycles. The molecule has 1 fully saturated rings. The molecule has 6 nitrogen and oxygen atoms in total. The minimum absolute atomic E-state index is 0.158. The standard InChI is InChI=1S/C20H33N3O3S/c1-4-23(5-2)27(25,26)19-9-7-18(8-10-19)20(24)21-13-6-14-22-15-11-17(3)12-16-22/h7-10,17H,4-6,11-16H2,1-3H3,(H,21,24). The van der Waals surface area contributed by atoms with E-state index in [1.807, 2.05) is 13.8 Å². The molecule has 1 saturated heterocycles. The summed E-state index contributed by atoms with van der Waals surface area (Å²) in [4.78, 5) is 14.9. The number of benzene rings is 1. The van der Waals surface area contributed by atoms with Gasteiger partial charge in [-0.25, -0.2) is 8.42 Å². The lowest BCUT2D eigenvalue weighted by Gasteiger charge is -2.30. The van der Waals surface area contributed by atoms with Gasteiger partial charge in [0, 0.05) is 25.2 Å². The van der Waals surface area contributed by atoms with Crippen LogP contribution < -0.4 is 5.32 Å². The van der Waals surface area contributed by atoms with Gasteiger partial charge in [-0.05, 0) is 69.1 Å². The summed E-state index contributed by atoms with van der Waals surface area (Å²) in [5.74, 6) is 0.670. The van der Waals surface area contributed by atoms with Crippen LogP contribution in [0.3, 0.4) is 0 Å². The molecule has 1 heterocycles. The summed E-state index contributed by atoms with van der Waals surface area (Å²) in [6.07, 6.45) is 3.44. The Balaban J connectivity index is 1.81. The molecule has 0 aliphatic carbocycles. The maximum Gasteiger partial charge on any atom is 0.251 e. The Bertz CT molecular complexity index is 692. The van der Waals surface area contributed by atoms with Crippen LogP contribution in [0.4, 0.5) is 0 Å². The van der Waals surface area contributed by atoms with E-state index in [4.69, 9.17) is 0 Å². The first kappa shape index (κ1) is 21.9. The quantitative estimate of drug-likeness (QED) is 0.653. The van der Waals surface area contributed by atoms with Crippen LogP contribution in [0.2, 0.25) is 0 Å². The van der Waals surface area contributed by atoms with Crippen LogP contribution in [-0.4, -0.2) is 62.8 Å². The van der Waals surface area contributed by atoms with Gasteiger partial charge in [-0.3, -0.25) is 4.79 Å². The van der Waals surface area contributed by atoms with Crippen LogP contribution >= 0.6 is 0 Å². The van der Waals surface area contributed by atoms with Gasteiger partial charge < -0.3 is 10.2 Å². The zero-order chi connectivity index (χ0) is 19.9. The molecule has 1 N–H and O–H groups in total. The normalized spacial score (nSPS) is 16.6. The molecule has 1 aliphatic rings. The van der Waals surface area contributed by atoms with E-state index >= 15 is 0 Å². The lowest BCUT2D eigenvalue weighted by molar-refractivity contribution is 0.0950. The predicted octanol–water partition coefficient (Wildman–Crippen LogP) is 2.57. The zero-order valence-corrected chi connectivity index (χ0v) is 17.6. The molecule has 0 bridgehead atoms. The zero-order valence-electron chi connectivity index (χ0n) is 16.8. The SMILES string of the molecule is CCN(CC)S(=O)(=O)c1ccc(C(=O)NCCCN2CCC(C)CC2)cc1. The Labute approximate surface area is 164 Å². The molecule has 1 aliphatic heterocycles.